The first-order valence-corrected chi connectivity index (χ1v) is 16.4. The summed E-state index contributed by atoms with van der Waals surface area (Å²) in [5, 5.41) is 6.85. The molecule has 0 fully saturated rings. The SMILES string of the molecule is COC(=O)c1ccc2c(c1)nc(NCCCOCCCN(Cc1ccc(-c3ccccc3)c(Cl)c1)C(=O)OC(C)(C)C)c1ccncc12. The van der Waals surface area contributed by atoms with E-state index >= 15 is 0 Å². The Labute approximate surface area is 286 Å². The minimum atomic E-state index is -0.612. The van der Waals surface area contributed by atoms with Crippen LogP contribution in [-0.4, -0.2) is 65.9 Å². The van der Waals surface area contributed by atoms with Crippen LogP contribution in [0.15, 0.2) is 85.2 Å². The third-order valence-corrected chi connectivity index (χ3v) is 7.95. The Morgan fingerprint density at radius 1 is 0.917 bits per heavy atom. The Morgan fingerprint density at radius 3 is 2.46 bits per heavy atom. The van der Waals surface area contributed by atoms with Crippen molar-refractivity contribution in [2.24, 2.45) is 0 Å². The number of rotatable bonds is 13. The molecule has 48 heavy (non-hydrogen) atoms. The number of amides is 1. The lowest BCUT2D eigenvalue weighted by atomic mass is 10.0. The zero-order valence-corrected chi connectivity index (χ0v) is 28.5. The second kappa shape index (κ2) is 15.9. The molecule has 0 aliphatic carbocycles. The topological polar surface area (TPSA) is 103 Å². The molecule has 3 aromatic carbocycles. The maximum atomic E-state index is 13.1. The van der Waals surface area contributed by atoms with E-state index in [9.17, 15) is 9.59 Å². The number of nitrogens with one attached hydrogen (secondary N) is 1. The first-order chi connectivity index (χ1) is 23.1. The Bertz CT molecular complexity index is 1880. The number of esters is 1. The van der Waals surface area contributed by atoms with E-state index in [-0.39, 0.29) is 6.09 Å². The Balaban J connectivity index is 1.14. The van der Waals surface area contributed by atoms with Crippen LogP contribution in [0.1, 0.15) is 49.5 Å². The number of halogens is 1. The van der Waals surface area contributed by atoms with Crippen LogP contribution < -0.4 is 5.32 Å². The van der Waals surface area contributed by atoms with Gasteiger partial charge in [-0.15, -0.1) is 0 Å². The highest BCUT2D eigenvalue weighted by molar-refractivity contribution is 6.33. The molecular weight excluding hydrogens is 628 g/mol. The molecule has 1 amide bonds. The number of pyridine rings is 2. The third kappa shape index (κ3) is 8.99. The summed E-state index contributed by atoms with van der Waals surface area (Å²) < 4.78 is 16.5. The molecule has 10 heteroatoms. The number of methoxy groups -OCH3 is 1. The number of benzene rings is 3. The van der Waals surface area contributed by atoms with Gasteiger partial charge in [0.15, 0.2) is 0 Å². The van der Waals surface area contributed by atoms with Crippen LogP contribution in [0.25, 0.3) is 32.8 Å². The van der Waals surface area contributed by atoms with Gasteiger partial charge >= 0.3 is 12.1 Å². The average molecular weight is 669 g/mol. The van der Waals surface area contributed by atoms with Gasteiger partial charge < -0.3 is 24.4 Å². The Hall–Kier alpha value is -4.73. The van der Waals surface area contributed by atoms with Gasteiger partial charge in [0.25, 0.3) is 0 Å². The number of hydrogen-bond donors (Lipinski definition) is 1. The van der Waals surface area contributed by atoms with E-state index in [2.05, 4.69) is 10.3 Å². The van der Waals surface area contributed by atoms with Crippen molar-refractivity contribution in [3.63, 3.8) is 0 Å². The lowest BCUT2D eigenvalue weighted by molar-refractivity contribution is 0.0211. The van der Waals surface area contributed by atoms with Crippen molar-refractivity contribution in [3.8, 4) is 11.1 Å². The van der Waals surface area contributed by atoms with E-state index in [4.69, 9.17) is 30.8 Å². The summed E-state index contributed by atoms with van der Waals surface area (Å²) in [7, 11) is 1.36. The second-order valence-electron chi connectivity index (χ2n) is 12.4. The molecule has 2 aromatic heterocycles. The molecule has 0 bridgehead atoms. The first-order valence-electron chi connectivity index (χ1n) is 16.0. The van der Waals surface area contributed by atoms with Crippen LogP contribution in [0.3, 0.4) is 0 Å². The van der Waals surface area contributed by atoms with Crippen molar-refractivity contribution in [1.29, 1.82) is 0 Å². The fourth-order valence-electron chi connectivity index (χ4n) is 5.36. The molecule has 0 saturated carbocycles. The quantitative estimate of drug-likeness (QED) is 0.0757. The van der Waals surface area contributed by atoms with Crippen molar-refractivity contribution in [2.45, 2.75) is 45.8 Å². The Morgan fingerprint density at radius 2 is 1.71 bits per heavy atom. The lowest BCUT2D eigenvalue weighted by Crippen LogP contribution is -2.37. The number of nitrogens with zero attached hydrogens (tertiary/aromatic N) is 3. The summed E-state index contributed by atoms with van der Waals surface area (Å²) in [5.41, 5.74) is 3.42. The minimum absolute atomic E-state index is 0.372. The summed E-state index contributed by atoms with van der Waals surface area (Å²) >= 11 is 6.65. The molecule has 0 unspecified atom stereocenters. The summed E-state index contributed by atoms with van der Waals surface area (Å²) in [6.07, 6.45) is 4.56. The largest absolute Gasteiger partial charge is 0.465 e. The van der Waals surface area contributed by atoms with E-state index in [0.29, 0.717) is 61.2 Å². The molecule has 1 N–H and O–H groups in total. The molecule has 250 valence electrons. The zero-order valence-electron chi connectivity index (χ0n) is 27.8. The number of anilines is 1. The summed E-state index contributed by atoms with van der Waals surface area (Å²) in [6, 6.07) is 23.1. The number of hydrogen-bond acceptors (Lipinski definition) is 8. The second-order valence-corrected chi connectivity index (χ2v) is 12.8. The maximum absolute atomic E-state index is 13.1. The number of ether oxygens (including phenoxy) is 3. The molecule has 0 aliphatic heterocycles. The van der Waals surface area contributed by atoms with Crippen molar-refractivity contribution < 1.29 is 23.8 Å². The van der Waals surface area contributed by atoms with Gasteiger partial charge in [-0.2, -0.15) is 0 Å². The van der Waals surface area contributed by atoms with Crippen molar-refractivity contribution in [1.82, 2.24) is 14.9 Å². The molecule has 0 spiro atoms. The van der Waals surface area contributed by atoms with E-state index in [1.807, 2.05) is 81.4 Å². The van der Waals surface area contributed by atoms with Crippen LogP contribution in [0, 0.1) is 0 Å². The van der Waals surface area contributed by atoms with Crippen molar-refractivity contribution in [3.05, 3.63) is 101 Å². The summed E-state index contributed by atoms with van der Waals surface area (Å²) in [6.45, 7) is 8.09. The predicted octanol–water partition coefficient (Wildman–Crippen LogP) is 8.54. The van der Waals surface area contributed by atoms with Gasteiger partial charge in [0.2, 0.25) is 0 Å². The smallest absolute Gasteiger partial charge is 0.410 e. The molecule has 0 atom stereocenters. The molecule has 0 aliphatic rings. The molecule has 0 radical (unpaired) electrons. The molecule has 9 nitrogen and oxygen atoms in total. The average Bonchev–Trinajstić information content (AvgIpc) is 3.07. The van der Waals surface area contributed by atoms with Crippen LogP contribution in [-0.2, 0) is 20.8 Å². The predicted molar refractivity (Wildman–Crippen MR) is 190 cm³/mol. The van der Waals surface area contributed by atoms with Crippen LogP contribution in [0.4, 0.5) is 10.6 Å². The maximum Gasteiger partial charge on any atom is 0.410 e. The van der Waals surface area contributed by atoms with Crippen molar-refractivity contribution in [2.75, 3.05) is 38.7 Å². The van der Waals surface area contributed by atoms with Gasteiger partial charge in [0.05, 0.1) is 18.2 Å². The number of carbonyl (C=O) groups excluding carboxylic acids is 2. The zero-order chi connectivity index (χ0) is 34.1. The monoisotopic (exact) mass is 668 g/mol. The third-order valence-electron chi connectivity index (χ3n) is 7.64. The van der Waals surface area contributed by atoms with Gasteiger partial charge in [-0.3, -0.25) is 4.98 Å². The van der Waals surface area contributed by atoms with Crippen LogP contribution in [0.2, 0.25) is 5.02 Å². The number of aromatic nitrogens is 2. The highest BCUT2D eigenvalue weighted by Gasteiger charge is 2.22. The first kappa shape index (κ1) is 34.6. The highest BCUT2D eigenvalue weighted by Crippen LogP contribution is 2.30. The van der Waals surface area contributed by atoms with Gasteiger partial charge in [-0.25, -0.2) is 14.6 Å². The fraction of sp³-hybridized carbons (Fsp3) is 0.316. The van der Waals surface area contributed by atoms with Crippen LogP contribution >= 0.6 is 11.6 Å². The fourth-order valence-corrected chi connectivity index (χ4v) is 5.67. The van der Waals surface area contributed by atoms with Gasteiger partial charge in [0.1, 0.15) is 11.4 Å². The van der Waals surface area contributed by atoms with Crippen molar-refractivity contribution >= 4 is 51.2 Å². The summed E-state index contributed by atoms with van der Waals surface area (Å²) in [5.74, 6) is 0.305. The molecule has 2 heterocycles. The summed E-state index contributed by atoms with van der Waals surface area (Å²) in [4.78, 5) is 36.0. The van der Waals surface area contributed by atoms with E-state index in [0.717, 1.165) is 39.3 Å². The molecule has 5 rings (SSSR count). The normalized spacial score (nSPS) is 11.4. The van der Waals surface area contributed by atoms with E-state index < -0.39 is 11.6 Å². The molecule has 5 aromatic rings. The number of carbonyl (C=O) groups is 2. The minimum Gasteiger partial charge on any atom is -0.465 e. The van der Waals surface area contributed by atoms with Gasteiger partial charge in [0, 0.05) is 72.0 Å². The van der Waals surface area contributed by atoms with Gasteiger partial charge in [-0.05, 0) is 69.0 Å². The Kier molecular flexibility index (Phi) is 11.5. The molecule has 0 saturated heterocycles. The standard InChI is InChI=1S/C38H41ClN4O5/c1-38(2,3)48-37(45)43(25-26-12-14-29(33(39)22-26)27-10-6-5-7-11-27)19-9-21-47-20-8-17-41-35-31-16-18-40-24-32(31)30-15-13-28(36(44)46-4)23-34(30)42-35/h5-7,10-16,18,22-24H,8-9,17,19-21,25H2,1-4H3,(H,41,42). The van der Waals surface area contributed by atoms with Gasteiger partial charge in [-0.1, -0.05) is 60.1 Å². The van der Waals surface area contributed by atoms with Crippen LogP contribution in [0.5, 0.6) is 0 Å². The number of fused-ring (bicyclic) bond motifs is 3. The lowest BCUT2D eigenvalue weighted by Gasteiger charge is -2.27. The molecular formula is C38H41ClN4O5. The highest BCUT2D eigenvalue weighted by atomic mass is 35.5. The van der Waals surface area contributed by atoms with E-state index in [1.165, 1.54) is 7.11 Å². The van der Waals surface area contributed by atoms with E-state index in [1.54, 1.807) is 29.4 Å².